The number of carbonyl (C=O) groups is 2. The molecule has 6 heterocycles. The van der Waals surface area contributed by atoms with Crippen molar-refractivity contribution in [2.45, 2.75) is 91.2 Å². The number of aliphatic carboxylic acids is 1. The summed E-state index contributed by atoms with van der Waals surface area (Å²) in [6.07, 6.45) is -13.6. The molecule has 12 unspecified atom stereocenters. The SMILES string of the molecule is NC1C=CC(C2CCC3(Oc4cc5oc(-c6ccc(O)c(O)c6)cc(=O)c5c(O)c42)OC2(CC#CC4(C(=O)O)OC(OC2=O)C(O)C(O)C4O)C(O)C(O)C3O)=CN1. The number of phenols is 3. The van der Waals surface area contributed by atoms with Crippen molar-refractivity contribution < 1.29 is 84.0 Å². The van der Waals surface area contributed by atoms with Crippen LogP contribution < -0.4 is 21.2 Å². The van der Waals surface area contributed by atoms with Gasteiger partial charge in [-0.1, -0.05) is 17.9 Å². The number of dihydropyridines is 1. The van der Waals surface area contributed by atoms with Crippen LogP contribution in [0.15, 0.2) is 63.5 Å². The molecule has 2 fully saturated rings. The molecule has 0 amide bonds. The van der Waals surface area contributed by atoms with Crippen LogP contribution in [0.1, 0.15) is 30.7 Å². The number of aliphatic hydroxyl groups is 6. The van der Waals surface area contributed by atoms with Gasteiger partial charge in [0.2, 0.25) is 17.7 Å². The molecule has 20 nitrogen and oxygen atoms in total. The van der Waals surface area contributed by atoms with Crippen LogP contribution in [0.5, 0.6) is 23.0 Å². The zero-order valence-electron chi connectivity index (χ0n) is 29.8. The van der Waals surface area contributed by atoms with Crippen LogP contribution in [-0.4, -0.2) is 129 Å². The van der Waals surface area contributed by atoms with Gasteiger partial charge in [-0.3, -0.25) is 4.79 Å². The summed E-state index contributed by atoms with van der Waals surface area (Å²) >= 11 is 0. The van der Waals surface area contributed by atoms with Gasteiger partial charge in [-0.05, 0) is 36.3 Å². The first-order valence-electron chi connectivity index (χ1n) is 17.8. The number of hydrogen-bond acceptors (Lipinski definition) is 19. The van der Waals surface area contributed by atoms with E-state index in [1.54, 1.807) is 12.2 Å². The van der Waals surface area contributed by atoms with Crippen molar-refractivity contribution in [1.29, 1.82) is 0 Å². The van der Waals surface area contributed by atoms with E-state index in [0.717, 1.165) is 18.2 Å². The highest BCUT2D eigenvalue weighted by Gasteiger charge is 2.68. The van der Waals surface area contributed by atoms with Gasteiger partial charge in [0.25, 0.3) is 5.60 Å². The third kappa shape index (κ3) is 5.78. The third-order valence-corrected chi connectivity index (χ3v) is 11.1. The quantitative estimate of drug-likeness (QED) is 0.0767. The van der Waals surface area contributed by atoms with Gasteiger partial charge in [0.05, 0.1) is 12.6 Å². The van der Waals surface area contributed by atoms with E-state index in [-0.39, 0.29) is 40.0 Å². The molecule has 3 aromatic rings. The Bertz CT molecular complexity index is 2420. The number of esters is 1. The molecule has 0 radical (unpaired) electrons. The van der Waals surface area contributed by atoms with E-state index < -0.39 is 119 Å². The summed E-state index contributed by atoms with van der Waals surface area (Å²) in [6.45, 7) is 0. The minimum atomic E-state index is -2.96. The predicted octanol–water partition coefficient (Wildman–Crippen LogP) is -2.08. The van der Waals surface area contributed by atoms with E-state index in [4.69, 9.17) is 29.1 Å². The van der Waals surface area contributed by atoms with Crippen molar-refractivity contribution in [3.63, 3.8) is 0 Å². The van der Waals surface area contributed by atoms with Crippen LogP contribution in [0.3, 0.4) is 0 Å². The Labute approximate surface area is 325 Å². The molecule has 20 heteroatoms. The number of nitrogens with two attached hydrogens (primary N) is 1. The first kappa shape index (κ1) is 39.1. The molecule has 306 valence electrons. The predicted molar refractivity (Wildman–Crippen MR) is 190 cm³/mol. The fraction of sp³-hybridized carbons (Fsp3) is 0.395. The molecule has 5 aliphatic rings. The van der Waals surface area contributed by atoms with Crippen LogP contribution in [0.4, 0.5) is 0 Å². The van der Waals surface area contributed by atoms with Crippen molar-refractivity contribution >= 4 is 22.9 Å². The van der Waals surface area contributed by atoms with Crippen LogP contribution in [0, 0.1) is 11.8 Å². The minimum absolute atomic E-state index is 0.0427. The second-order valence-corrected chi connectivity index (χ2v) is 14.6. The molecule has 2 saturated heterocycles. The highest BCUT2D eigenvalue weighted by molar-refractivity contribution is 5.89. The standard InChI is InChI=1S/C38H36N2O18/c39-23-5-3-15(13-40-23)16-6-9-38(56-22-12-21-25(26(44)24(16)22)19(43)11-20(54-21)14-2-4-17(41)18(42)10-14)32(50)29(47)31(49)37(58-38)8-1-7-36(34(51)52)30(48)27(45)28(46)33(57-36)55-35(37)53/h2-5,10-13,16,23,27-33,40-42,44-50H,6,8-9,39H2,(H,51,52). The van der Waals surface area contributed by atoms with Crippen molar-refractivity contribution in [2.24, 2.45) is 5.73 Å². The highest BCUT2D eigenvalue weighted by atomic mass is 16.8. The molecule has 0 saturated carbocycles. The maximum Gasteiger partial charge on any atom is 0.351 e. The zero-order valence-corrected chi connectivity index (χ0v) is 29.8. The van der Waals surface area contributed by atoms with Crippen LogP contribution in [-0.2, 0) is 23.8 Å². The summed E-state index contributed by atoms with van der Waals surface area (Å²) in [7, 11) is 0. The zero-order chi connectivity index (χ0) is 41.6. The molecule has 2 spiro atoms. The number of carbonyl (C=O) groups excluding carboxylic acids is 1. The summed E-state index contributed by atoms with van der Waals surface area (Å²) < 4.78 is 29.3. The lowest BCUT2D eigenvalue weighted by atomic mass is 9.78. The van der Waals surface area contributed by atoms with E-state index in [1.165, 1.54) is 18.3 Å². The summed E-state index contributed by atoms with van der Waals surface area (Å²) in [5.41, 5.74) is -0.317. The van der Waals surface area contributed by atoms with Gasteiger partial charge in [0, 0.05) is 41.8 Å². The first-order chi connectivity index (χ1) is 27.4. The average Bonchev–Trinajstić information content (AvgIpc) is 3.31. The Morgan fingerprint density at radius 2 is 1.69 bits per heavy atom. The maximum atomic E-state index is 14.2. The number of hydrogen-bond donors (Lipinski definition) is 12. The third-order valence-electron chi connectivity index (χ3n) is 11.1. The Hall–Kier alpha value is -5.73. The molecule has 2 aromatic carbocycles. The van der Waals surface area contributed by atoms with Gasteiger partial charge in [0.15, 0.2) is 16.9 Å². The average molecular weight is 809 g/mol. The van der Waals surface area contributed by atoms with Crippen molar-refractivity contribution in [1.82, 2.24) is 5.32 Å². The van der Waals surface area contributed by atoms with Crippen molar-refractivity contribution in [3.05, 3.63) is 70.0 Å². The summed E-state index contributed by atoms with van der Waals surface area (Å²) in [5.74, 6) is -4.64. The number of nitrogens with one attached hydrogen (secondary N) is 1. The van der Waals surface area contributed by atoms with E-state index in [9.17, 15) is 65.4 Å². The maximum absolute atomic E-state index is 14.2. The van der Waals surface area contributed by atoms with E-state index in [0.29, 0.717) is 5.57 Å². The van der Waals surface area contributed by atoms with E-state index >= 15 is 0 Å². The van der Waals surface area contributed by atoms with Gasteiger partial charge < -0.3 is 85.5 Å². The fourth-order valence-electron chi connectivity index (χ4n) is 7.97. The molecule has 5 aliphatic heterocycles. The minimum Gasteiger partial charge on any atom is -0.507 e. The number of benzene rings is 2. The molecule has 12 atom stereocenters. The van der Waals surface area contributed by atoms with E-state index in [1.807, 2.05) is 0 Å². The molecule has 13 N–H and O–H groups in total. The monoisotopic (exact) mass is 808 g/mol. The summed E-state index contributed by atoms with van der Waals surface area (Å²) in [6, 6.07) is 5.85. The normalized spacial score (nSPS) is 36.8. The fourth-order valence-corrected chi connectivity index (χ4v) is 7.97. The Balaban J connectivity index is 1.30. The number of aliphatic hydroxyl groups excluding tert-OH is 6. The Morgan fingerprint density at radius 3 is 2.38 bits per heavy atom. The lowest BCUT2D eigenvalue weighted by Crippen LogP contribution is -2.74. The van der Waals surface area contributed by atoms with Crippen molar-refractivity contribution in [2.75, 3.05) is 0 Å². The number of allylic oxidation sites excluding steroid dienone is 2. The molecule has 2 bridgehead atoms. The highest BCUT2D eigenvalue weighted by Crippen LogP contribution is 2.53. The van der Waals surface area contributed by atoms with Gasteiger partial charge >= 0.3 is 11.9 Å². The lowest BCUT2D eigenvalue weighted by Gasteiger charge is -2.52. The van der Waals surface area contributed by atoms with Gasteiger partial charge in [-0.25, -0.2) is 9.59 Å². The van der Waals surface area contributed by atoms with Crippen LogP contribution in [0.25, 0.3) is 22.3 Å². The number of carboxylic acid groups (broad SMARTS) is 1. The molecule has 8 rings (SSSR count). The largest absolute Gasteiger partial charge is 0.507 e. The van der Waals surface area contributed by atoms with Gasteiger partial charge in [-0.2, -0.15) is 0 Å². The van der Waals surface area contributed by atoms with Gasteiger partial charge in [0.1, 0.15) is 64.9 Å². The van der Waals surface area contributed by atoms with E-state index in [2.05, 4.69) is 17.2 Å². The topological polar surface area (TPSA) is 342 Å². The Kier molecular flexibility index (Phi) is 9.23. The smallest absolute Gasteiger partial charge is 0.351 e. The lowest BCUT2D eigenvalue weighted by molar-refractivity contribution is -0.367. The molecule has 0 aliphatic carbocycles. The number of phenolic OH excluding ortho intramolecular Hbond substituents is 3. The molecular formula is C38H36N2O18. The number of carboxylic acids is 1. The molecular weight excluding hydrogens is 772 g/mol. The summed E-state index contributed by atoms with van der Waals surface area (Å²) in [4.78, 5) is 40.3. The van der Waals surface area contributed by atoms with Crippen LogP contribution >= 0.6 is 0 Å². The number of fused-ring (bicyclic) bond motifs is 4. The van der Waals surface area contributed by atoms with Gasteiger partial charge in [-0.15, -0.1) is 0 Å². The molecule has 1 aromatic heterocycles. The van der Waals surface area contributed by atoms with Crippen molar-refractivity contribution in [3.8, 4) is 46.2 Å². The Morgan fingerprint density at radius 1 is 0.931 bits per heavy atom. The van der Waals surface area contributed by atoms with Crippen LogP contribution in [0.2, 0.25) is 0 Å². The number of aromatic hydroxyl groups is 3. The number of ether oxygens (including phenoxy) is 4. The summed E-state index contributed by atoms with van der Waals surface area (Å²) in [5, 5.41) is 111. The second-order valence-electron chi connectivity index (χ2n) is 14.6. The molecule has 58 heavy (non-hydrogen) atoms. The second kappa shape index (κ2) is 13.7. The first-order valence-corrected chi connectivity index (χ1v) is 17.8. The number of rotatable bonds is 3.